The third kappa shape index (κ3) is 7.20. The third-order valence-corrected chi connectivity index (χ3v) is 5.51. The molecule has 1 aliphatic heterocycles. The monoisotopic (exact) mass is 489 g/mol. The van der Waals surface area contributed by atoms with Crippen LogP contribution >= 0.6 is 23.2 Å². The van der Waals surface area contributed by atoms with Crippen molar-refractivity contribution in [2.75, 3.05) is 18.9 Å². The van der Waals surface area contributed by atoms with Gasteiger partial charge in [0.05, 0.1) is 6.04 Å². The molecule has 3 rings (SSSR count). The minimum Gasteiger partial charge on any atom is -0.325 e. The van der Waals surface area contributed by atoms with Gasteiger partial charge in [-0.3, -0.25) is 9.59 Å². The van der Waals surface area contributed by atoms with Crippen LogP contribution in [-0.2, 0) is 16.1 Å². The molecule has 0 aromatic heterocycles. The molecule has 1 amide bonds. The molecule has 0 fully saturated rings. The molecule has 5 nitrogen and oxygen atoms in total. The zero-order valence-electron chi connectivity index (χ0n) is 17.5. The molecule has 174 valence electrons. The number of hydrogen-bond acceptors (Lipinski definition) is 4. The van der Waals surface area contributed by atoms with E-state index >= 15 is 0 Å². The molecule has 10 heteroatoms. The van der Waals surface area contributed by atoms with Crippen LogP contribution in [0.3, 0.4) is 0 Å². The normalized spacial score (nSPS) is 16.9. The predicted octanol–water partition coefficient (Wildman–Crippen LogP) is 4.99. The van der Waals surface area contributed by atoms with E-state index in [4.69, 9.17) is 33.7 Å². The van der Waals surface area contributed by atoms with E-state index in [0.717, 1.165) is 35.5 Å². The SMILES string of the molecule is CC[C@H](N)C(=O)Nc1cccc(C2CN(C)Cc3c(Cl)cc(Cl)cc32)c1.O=CC(F)(F)F. The Hall–Kier alpha value is -2.13. The lowest BCUT2D eigenvalue weighted by molar-refractivity contribution is -0.156. The summed E-state index contributed by atoms with van der Waals surface area (Å²) < 4.78 is 31.2. The van der Waals surface area contributed by atoms with Gasteiger partial charge in [0.25, 0.3) is 0 Å². The number of nitrogens with one attached hydrogen (secondary N) is 1. The highest BCUT2D eigenvalue weighted by molar-refractivity contribution is 6.35. The van der Waals surface area contributed by atoms with E-state index in [9.17, 15) is 18.0 Å². The van der Waals surface area contributed by atoms with E-state index in [-0.39, 0.29) is 11.8 Å². The summed E-state index contributed by atoms with van der Waals surface area (Å²) in [5.74, 6) is -0.0337. The van der Waals surface area contributed by atoms with Crippen molar-refractivity contribution >= 4 is 41.1 Å². The summed E-state index contributed by atoms with van der Waals surface area (Å²) in [7, 11) is 2.08. The molecule has 0 bridgehead atoms. The molecular weight excluding hydrogens is 466 g/mol. The Balaban J connectivity index is 0.000000534. The summed E-state index contributed by atoms with van der Waals surface area (Å²) in [5.41, 5.74) is 9.93. The summed E-state index contributed by atoms with van der Waals surface area (Å²) in [6.07, 6.45) is -5.10. The van der Waals surface area contributed by atoms with E-state index in [1.54, 1.807) is 6.07 Å². The summed E-state index contributed by atoms with van der Waals surface area (Å²) in [5, 5.41) is 4.24. The summed E-state index contributed by atoms with van der Waals surface area (Å²) in [6.45, 7) is 3.54. The minimum absolute atomic E-state index is 0.136. The van der Waals surface area contributed by atoms with Crippen molar-refractivity contribution in [2.24, 2.45) is 5.73 Å². The van der Waals surface area contributed by atoms with E-state index in [1.165, 1.54) is 0 Å². The molecule has 1 aliphatic rings. The van der Waals surface area contributed by atoms with Gasteiger partial charge in [-0.25, -0.2) is 0 Å². The number of likely N-dealkylation sites (N-methyl/N-ethyl adjacent to an activating group) is 1. The Bertz CT molecular complexity index is 970. The molecule has 1 unspecified atom stereocenters. The van der Waals surface area contributed by atoms with E-state index in [2.05, 4.69) is 23.3 Å². The van der Waals surface area contributed by atoms with Gasteiger partial charge < -0.3 is 16.0 Å². The van der Waals surface area contributed by atoms with Crippen molar-refractivity contribution in [1.82, 2.24) is 4.90 Å². The Morgan fingerprint density at radius 3 is 2.56 bits per heavy atom. The van der Waals surface area contributed by atoms with Gasteiger partial charge in [0, 0.05) is 34.7 Å². The zero-order valence-corrected chi connectivity index (χ0v) is 19.1. The van der Waals surface area contributed by atoms with Crippen molar-refractivity contribution < 1.29 is 22.8 Å². The summed E-state index contributed by atoms with van der Waals surface area (Å²) in [6, 6.07) is 11.2. The highest BCUT2D eigenvalue weighted by Gasteiger charge is 2.27. The van der Waals surface area contributed by atoms with Gasteiger partial charge in [0.1, 0.15) is 0 Å². The maximum absolute atomic E-state index is 12.1. The van der Waals surface area contributed by atoms with Crippen LogP contribution < -0.4 is 11.1 Å². The fourth-order valence-corrected chi connectivity index (χ4v) is 3.95. The van der Waals surface area contributed by atoms with Crippen LogP contribution in [0.1, 0.15) is 36.0 Å². The second kappa shape index (κ2) is 11.1. The van der Waals surface area contributed by atoms with Gasteiger partial charge in [-0.15, -0.1) is 0 Å². The number of anilines is 1. The standard InChI is InChI=1S/C20H23Cl2N3O.C2HF3O/c1-3-19(23)20(26)24-14-6-4-5-12(7-14)16-10-25(2)11-17-15(16)8-13(21)9-18(17)22;3-2(4,5)1-6/h4-9,16,19H,3,10-11,23H2,1-2H3,(H,24,26);1H/t16?,19-;/m0./s1. The van der Waals surface area contributed by atoms with E-state index < -0.39 is 18.5 Å². The Morgan fingerprint density at radius 2 is 1.97 bits per heavy atom. The number of benzene rings is 2. The van der Waals surface area contributed by atoms with Crippen molar-refractivity contribution in [3.05, 3.63) is 63.1 Å². The number of alkyl halides is 3. The largest absolute Gasteiger partial charge is 0.446 e. The zero-order chi connectivity index (χ0) is 24.1. The highest BCUT2D eigenvalue weighted by atomic mass is 35.5. The number of carbonyl (C=O) groups excluding carboxylic acids is 2. The van der Waals surface area contributed by atoms with Crippen LogP contribution in [0.15, 0.2) is 36.4 Å². The molecule has 3 N–H and O–H groups in total. The number of nitrogens with two attached hydrogens (primary N) is 1. The third-order valence-electron chi connectivity index (χ3n) is 4.96. The quantitative estimate of drug-likeness (QED) is 0.592. The van der Waals surface area contributed by atoms with Gasteiger partial charge in [0.15, 0.2) is 0 Å². The number of aldehydes is 1. The summed E-state index contributed by atoms with van der Waals surface area (Å²) >= 11 is 12.7. The van der Waals surface area contributed by atoms with Crippen molar-refractivity contribution in [1.29, 1.82) is 0 Å². The molecule has 2 aromatic rings. The molecule has 2 atom stereocenters. The highest BCUT2D eigenvalue weighted by Crippen LogP contribution is 2.38. The van der Waals surface area contributed by atoms with Gasteiger partial charge in [0.2, 0.25) is 12.2 Å². The maximum atomic E-state index is 12.1. The van der Waals surface area contributed by atoms with Crippen LogP contribution in [0.25, 0.3) is 0 Å². The van der Waals surface area contributed by atoms with Crippen LogP contribution in [0.2, 0.25) is 10.0 Å². The molecule has 0 saturated heterocycles. The number of rotatable bonds is 4. The Labute approximate surface area is 194 Å². The number of amides is 1. The molecule has 2 aromatic carbocycles. The van der Waals surface area contributed by atoms with Gasteiger partial charge in [-0.05, 0) is 54.4 Å². The molecule has 0 radical (unpaired) electrons. The van der Waals surface area contributed by atoms with Crippen molar-refractivity contribution in [3.63, 3.8) is 0 Å². The fourth-order valence-electron chi connectivity index (χ4n) is 3.38. The lowest BCUT2D eigenvalue weighted by Gasteiger charge is -2.33. The Morgan fingerprint density at radius 1 is 1.31 bits per heavy atom. The second-order valence-electron chi connectivity index (χ2n) is 7.49. The first-order chi connectivity index (χ1) is 14.9. The maximum Gasteiger partial charge on any atom is 0.446 e. The number of fused-ring (bicyclic) bond motifs is 1. The van der Waals surface area contributed by atoms with E-state index in [0.29, 0.717) is 16.5 Å². The molecule has 1 heterocycles. The second-order valence-corrected chi connectivity index (χ2v) is 8.34. The molecule has 0 spiro atoms. The van der Waals surface area contributed by atoms with Gasteiger partial charge >= 0.3 is 6.18 Å². The van der Waals surface area contributed by atoms with Crippen LogP contribution in [-0.4, -0.2) is 42.9 Å². The van der Waals surface area contributed by atoms with Crippen LogP contribution in [0.4, 0.5) is 18.9 Å². The Kier molecular flexibility index (Phi) is 9.09. The molecular formula is C22H24Cl2F3N3O2. The summed E-state index contributed by atoms with van der Waals surface area (Å²) in [4.78, 5) is 23.0. The average Bonchev–Trinajstić information content (AvgIpc) is 2.73. The molecule has 0 saturated carbocycles. The van der Waals surface area contributed by atoms with E-state index in [1.807, 2.05) is 31.2 Å². The van der Waals surface area contributed by atoms with Crippen molar-refractivity contribution in [2.45, 2.75) is 38.0 Å². The van der Waals surface area contributed by atoms with Gasteiger partial charge in [-0.1, -0.05) is 42.3 Å². The number of carbonyl (C=O) groups is 2. The van der Waals surface area contributed by atoms with Crippen LogP contribution in [0, 0.1) is 0 Å². The van der Waals surface area contributed by atoms with Crippen molar-refractivity contribution in [3.8, 4) is 0 Å². The smallest absolute Gasteiger partial charge is 0.325 e. The fraction of sp³-hybridized carbons (Fsp3) is 0.364. The van der Waals surface area contributed by atoms with Crippen LogP contribution in [0.5, 0.6) is 0 Å². The molecule has 32 heavy (non-hydrogen) atoms. The lowest BCUT2D eigenvalue weighted by atomic mass is 9.84. The predicted molar refractivity (Wildman–Crippen MR) is 120 cm³/mol. The number of hydrogen-bond donors (Lipinski definition) is 2. The first-order valence-electron chi connectivity index (χ1n) is 9.81. The topological polar surface area (TPSA) is 75.4 Å². The minimum atomic E-state index is -4.64. The first-order valence-corrected chi connectivity index (χ1v) is 10.6. The number of halogens is 5. The average molecular weight is 490 g/mol. The van der Waals surface area contributed by atoms with Gasteiger partial charge in [-0.2, -0.15) is 13.2 Å². The molecule has 0 aliphatic carbocycles. The lowest BCUT2D eigenvalue weighted by Crippen LogP contribution is -2.35. The number of nitrogens with zero attached hydrogens (tertiary/aromatic N) is 1. The first kappa shape index (κ1) is 26.1.